The number of carboxylic acids is 1. The summed E-state index contributed by atoms with van der Waals surface area (Å²) in [5.74, 6) is -1.34. The largest absolute Gasteiger partial charge is 0.480 e. The van der Waals surface area contributed by atoms with Crippen LogP contribution in [-0.2, 0) is 15.0 Å². The van der Waals surface area contributed by atoms with Crippen molar-refractivity contribution >= 4 is 11.9 Å². The molecule has 0 bridgehead atoms. The van der Waals surface area contributed by atoms with Gasteiger partial charge in [0.15, 0.2) is 0 Å². The molecule has 25 heavy (non-hydrogen) atoms. The van der Waals surface area contributed by atoms with Crippen LogP contribution in [0.25, 0.3) is 0 Å². The summed E-state index contributed by atoms with van der Waals surface area (Å²) in [6.45, 7) is 2.16. The van der Waals surface area contributed by atoms with E-state index in [2.05, 4.69) is 10.6 Å². The maximum atomic E-state index is 12.9. The van der Waals surface area contributed by atoms with Gasteiger partial charge >= 0.3 is 5.97 Å². The molecule has 0 spiro atoms. The van der Waals surface area contributed by atoms with E-state index in [4.69, 9.17) is 5.11 Å². The van der Waals surface area contributed by atoms with Crippen molar-refractivity contribution in [1.29, 1.82) is 0 Å². The van der Waals surface area contributed by atoms with Gasteiger partial charge in [-0.1, -0.05) is 60.7 Å². The first-order valence-electron chi connectivity index (χ1n) is 8.43. The van der Waals surface area contributed by atoms with Crippen LogP contribution in [0.4, 0.5) is 0 Å². The van der Waals surface area contributed by atoms with Gasteiger partial charge in [-0.05, 0) is 31.0 Å². The van der Waals surface area contributed by atoms with E-state index in [1.165, 1.54) is 6.92 Å². The van der Waals surface area contributed by atoms with Gasteiger partial charge in [0.05, 0.1) is 0 Å². The molecule has 1 fully saturated rings. The Hall–Kier alpha value is -2.66. The topological polar surface area (TPSA) is 78.4 Å². The van der Waals surface area contributed by atoms with E-state index in [1.807, 2.05) is 60.7 Å². The fourth-order valence-corrected chi connectivity index (χ4v) is 3.67. The number of amides is 1. The number of aliphatic carboxylic acids is 1. The van der Waals surface area contributed by atoms with E-state index in [0.717, 1.165) is 17.5 Å². The first-order valence-corrected chi connectivity index (χ1v) is 8.43. The molecule has 2 atom stereocenters. The lowest BCUT2D eigenvalue weighted by Crippen LogP contribution is -2.54. The predicted molar refractivity (Wildman–Crippen MR) is 95.3 cm³/mol. The van der Waals surface area contributed by atoms with Crippen LogP contribution >= 0.6 is 0 Å². The molecule has 1 aliphatic heterocycles. The Morgan fingerprint density at radius 2 is 1.60 bits per heavy atom. The van der Waals surface area contributed by atoms with E-state index >= 15 is 0 Å². The molecule has 1 saturated heterocycles. The van der Waals surface area contributed by atoms with Gasteiger partial charge in [-0.3, -0.25) is 9.59 Å². The van der Waals surface area contributed by atoms with Crippen molar-refractivity contribution in [3.05, 3.63) is 71.8 Å². The summed E-state index contributed by atoms with van der Waals surface area (Å²) < 4.78 is 0. The number of carboxylic acid groups (broad SMARTS) is 1. The smallest absolute Gasteiger partial charge is 0.325 e. The lowest BCUT2D eigenvalue weighted by Gasteiger charge is -2.36. The molecule has 1 aliphatic rings. The van der Waals surface area contributed by atoms with E-state index in [0.29, 0.717) is 6.54 Å². The molecule has 5 nitrogen and oxygen atoms in total. The highest BCUT2D eigenvalue weighted by atomic mass is 16.4. The second kappa shape index (κ2) is 7.07. The summed E-state index contributed by atoms with van der Waals surface area (Å²) in [5, 5.41) is 15.0. The monoisotopic (exact) mass is 338 g/mol. The van der Waals surface area contributed by atoms with Crippen LogP contribution in [0.5, 0.6) is 0 Å². The zero-order chi connectivity index (χ0) is 17.9. The number of hydrogen-bond acceptors (Lipinski definition) is 3. The molecular weight excluding hydrogens is 316 g/mol. The third kappa shape index (κ3) is 3.15. The third-order valence-electron chi connectivity index (χ3n) is 4.93. The second-order valence-electron chi connectivity index (χ2n) is 6.41. The van der Waals surface area contributed by atoms with Crippen molar-refractivity contribution in [2.75, 3.05) is 6.54 Å². The van der Waals surface area contributed by atoms with Gasteiger partial charge in [0, 0.05) is 5.41 Å². The van der Waals surface area contributed by atoms with E-state index in [1.54, 1.807) is 0 Å². The molecule has 0 aromatic heterocycles. The Labute approximate surface area is 147 Å². The molecular formula is C20H22N2O3. The quantitative estimate of drug-likeness (QED) is 0.778. The minimum absolute atomic E-state index is 0.292. The highest BCUT2D eigenvalue weighted by Gasteiger charge is 2.49. The maximum Gasteiger partial charge on any atom is 0.325 e. The van der Waals surface area contributed by atoms with Gasteiger partial charge in [0.2, 0.25) is 5.91 Å². The molecule has 1 amide bonds. The Bertz CT molecular complexity index is 707. The lowest BCUT2D eigenvalue weighted by molar-refractivity contribution is -0.141. The van der Waals surface area contributed by atoms with Crippen LogP contribution in [0.2, 0.25) is 0 Å². The second-order valence-corrected chi connectivity index (χ2v) is 6.41. The van der Waals surface area contributed by atoms with Crippen LogP contribution in [0.15, 0.2) is 60.7 Å². The Kier molecular flexibility index (Phi) is 4.86. The molecule has 3 rings (SSSR count). The van der Waals surface area contributed by atoms with Crippen molar-refractivity contribution in [3.63, 3.8) is 0 Å². The van der Waals surface area contributed by atoms with Crippen molar-refractivity contribution < 1.29 is 14.7 Å². The molecule has 1 unspecified atom stereocenters. The van der Waals surface area contributed by atoms with Gasteiger partial charge in [-0.15, -0.1) is 0 Å². The van der Waals surface area contributed by atoms with Gasteiger partial charge in [0.25, 0.3) is 0 Å². The van der Waals surface area contributed by atoms with Crippen LogP contribution in [-0.4, -0.2) is 35.6 Å². The maximum absolute atomic E-state index is 12.9. The molecule has 2 aromatic carbocycles. The number of carbonyl (C=O) groups excluding carboxylic acids is 1. The standard InChI is InChI=1S/C20H22N2O3/c1-14(19(24)25)22-18(23)17-20(12-13-21-17,15-8-4-2-5-9-15)16-10-6-3-7-11-16/h2-11,14,17,21H,12-13H2,1H3,(H,22,23)(H,24,25)/t14?,17-/m1/s1. The van der Waals surface area contributed by atoms with Gasteiger partial charge in [-0.2, -0.15) is 0 Å². The average molecular weight is 338 g/mol. The van der Waals surface area contributed by atoms with Gasteiger partial charge < -0.3 is 15.7 Å². The fraction of sp³-hybridized carbons (Fsp3) is 0.300. The number of rotatable bonds is 5. The summed E-state index contributed by atoms with van der Waals surface area (Å²) in [7, 11) is 0. The first kappa shape index (κ1) is 17.2. The molecule has 2 aromatic rings. The van der Waals surface area contributed by atoms with E-state index in [9.17, 15) is 9.59 Å². The minimum atomic E-state index is -1.05. The third-order valence-corrected chi connectivity index (χ3v) is 4.93. The molecule has 3 N–H and O–H groups in total. The Morgan fingerprint density at radius 1 is 1.08 bits per heavy atom. The Morgan fingerprint density at radius 3 is 2.08 bits per heavy atom. The number of benzene rings is 2. The lowest BCUT2D eigenvalue weighted by atomic mass is 9.69. The number of carbonyl (C=O) groups is 2. The van der Waals surface area contributed by atoms with Crippen LogP contribution in [0.1, 0.15) is 24.5 Å². The molecule has 0 radical (unpaired) electrons. The van der Waals surface area contributed by atoms with Crippen LogP contribution < -0.4 is 10.6 Å². The van der Waals surface area contributed by atoms with E-state index < -0.39 is 23.5 Å². The zero-order valence-electron chi connectivity index (χ0n) is 14.1. The first-order chi connectivity index (χ1) is 12.1. The summed E-state index contributed by atoms with van der Waals surface area (Å²) in [5.41, 5.74) is 1.58. The minimum Gasteiger partial charge on any atom is -0.480 e. The molecule has 0 aliphatic carbocycles. The zero-order valence-corrected chi connectivity index (χ0v) is 14.1. The van der Waals surface area contributed by atoms with Crippen molar-refractivity contribution in [2.24, 2.45) is 0 Å². The average Bonchev–Trinajstić information content (AvgIpc) is 3.09. The molecule has 1 heterocycles. The predicted octanol–water partition coefficient (Wildman–Crippen LogP) is 1.92. The Balaban J connectivity index is 2.05. The van der Waals surface area contributed by atoms with Crippen LogP contribution in [0, 0.1) is 0 Å². The highest BCUT2D eigenvalue weighted by molar-refractivity contribution is 5.89. The summed E-state index contributed by atoms with van der Waals surface area (Å²) in [6.07, 6.45) is 0.764. The normalized spacial score (nSPS) is 20.0. The van der Waals surface area contributed by atoms with Crippen molar-refractivity contribution in [1.82, 2.24) is 10.6 Å². The van der Waals surface area contributed by atoms with Crippen molar-refractivity contribution in [3.8, 4) is 0 Å². The van der Waals surface area contributed by atoms with Crippen LogP contribution in [0.3, 0.4) is 0 Å². The number of hydrogen-bond donors (Lipinski definition) is 3. The summed E-state index contributed by atoms with van der Waals surface area (Å²) in [6, 6.07) is 18.4. The SMILES string of the molecule is CC(NC(=O)[C@H]1NCCC1(c1ccccc1)c1ccccc1)C(=O)O. The fourth-order valence-electron chi connectivity index (χ4n) is 3.67. The number of nitrogens with one attached hydrogen (secondary N) is 2. The van der Waals surface area contributed by atoms with Gasteiger partial charge in [0.1, 0.15) is 12.1 Å². The molecule has 0 saturated carbocycles. The summed E-state index contributed by atoms with van der Waals surface area (Å²) in [4.78, 5) is 24.0. The molecule has 5 heteroatoms. The van der Waals surface area contributed by atoms with E-state index in [-0.39, 0.29) is 5.91 Å². The molecule has 130 valence electrons. The highest BCUT2D eigenvalue weighted by Crippen LogP contribution is 2.42. The van der Waals surface area contributed by atoms with Crippen molar-refractivity contribution in [2.45, 2.75) is 30.8 Å². The summed E-state index contributed by atoms with van der Waals surface area (Å²) >= 11 is 0. The van der Waals surface area contributed by atoms with Gasteiger partial charge in [-0.25, -0.2) is 0 Å².